The van der Waals surface area contributed by atoms with Crippen molar-refractivity contribution in [2.24, 2.45) is 11.3 Å². The molecule has 278 valence electrons. The van der Waals surface area contributed by atoms with E-state index in [9.17, 15) is 22.8 Å². The first-order valence-corrected chi connectivity index (χ1v) is 19.3. The highest BCUT2D eigenvalue weighted by molar-refractivity contribution is 7.91. The van der Waals surface area contributed by atoms with E-state index in [0.717, 1.165) is 0 Å². The van der Waals surface area contributed by atoms with Gasteiger partial charge in [-0.3, -0.25) is 19.1 Å². The van der Waals surface area contributed by atoms with Crippen LogP contribution in [-0.2, 0) is 24.4 Å². The first-order valence-electron chi connectivity index (χ1n) is 16.7. The van der Waals surface area contributed by atoms with Crippen LogP contribution in [0.2, 0.25) is 15.2 Å². The number of halogens is 3. The number of anilines is 1. The maximum Gasteiger partial charge on any atom is 0.259 e. The normalized spacial score (nSPS) is 23.4. The lowest BCUT2D eigenvalue weighted by Crippen LogP contribution is -2.58. The van der Waals surface area contributed by atoms with Gasteiger partial charge >= 0.3 is 0 Å². The van der Waals surface area contributed by atoms with Crippen LogP contribution in [0.15, 0.2) is 49.2 Å². The second kappa shape index (κ2) is 14.2. The fourth-order valence-electron chi connectivity index (χ4n) is 6.48. The van der Waals surface area contributed by atoms with E-state index in [0.29, 0.717) is 39.4 Å². The Balaban J connectivity index is 1.33. The smallest absolute Gasteiger partial charge is 0.259 e. The maximum atomic E-state index is 14.6. The molecule has 3 heterocycles. The van der Waals surface area contributed by atoms with E-state index in [-0.39, 0.29) is 36.2 Å². The summed E-state index contributed by atoms with van der Waals surface area (Å²) in [5, 5.41) is 7.44. The molecule has 6 rings (SSSR count). The molecule has 1 aromatic carbocycles. The van der Waals surface area contributed by atoms with Gasteiger partial charge in [0.1, 0.15) is 40.4 Å². The Kier molecular flexibility index (Phi) is 10.3. The van der Waals surface area contributed by atoms with E-state index in [2.05, 4.69) is 31.9 Å². The lowest BCUT2D eigenvalue weighted by molar-refractivity contribution is -0.141. The number of methoxy groups -OCH3 is 1. The minimum Gasteiger partial charge on any atom is -0.494 e. The van der Waals surface area contributed by atoms with Gasteiger partial charge in [-0.2, -0.15) is 0 Å². The summed E-state index contributed by atoms with van der Waals surface area (Å²) in [5.74, 6) is -1.51. The van der Waals surface area contributed by atoms with E-state index in [1.54, 1.807) is 18.2 Å². The predicted molar refractivity (Wildman–Crippen MR) is 198 cm³/mol. The van der Waals surface area contributed by atoms with Crippen LogP contribution < -0.4 is 24.8 Å². The molecule has 17 heteroatoms. The molecule has 0 spiro atoms. The van der Waals surface area contributed by atoms with E-state index in [1.807, 2.05) is 20.8 Å². The summed E-state index contributed by atoms with van der Waals surface area (Å²) >= 11 is 18.7. The lowest BCUT2D eigenvalue weighted by Gasteiger charge is -2.36. The molecule has 0 unspecified atom stereocenters. The number of sulfonamides is 1. The summed E-state index contributed by atoms with van der Waals surface area (Å²) in [6, 6.07) is 6.10. The van der Waals surface area contributed by atoms with Crippen LogP contribution in [-0.4, -0.2) is 83.6 Å². The quantitative estimate of drug-likeness (QED) is 0.165. The lowest BCUT2D eigenvalue weighted by atomic mass is 9.85. The third-order valence-electron chi connectivity index (χ3n) is 9.54. The maximum absolute atomic E-state index is 14.6. The zero-order valence-electron chi connectivity index (χ0n) is 28.9. The molecule has 0 radical (unpaired) electrons. The molecule has 2 aliphatic carbocycles. The fraction of sp³-hybridized carbons (Fsp3) is 0.457. The summed E-state index contributed by atoms with van der Waals surface area (Å²) in [6.07, 6.45) is 3.34. The minimum atomic E-state index is -3.90. The summed E-state index contributed by atoms with van der Waals surface area (Å²) in [4.78, 5) is 52.6. The van der Waals surface area contributed by atoms with Crippen LogP contribution in [0.4, 0.5) is 5.82 Å². The number of hydrogen-bond donors (Lipinski definition) is 3. The second-order valence-corrected chi connectivity index (χ2v) is 17.6. The standard InChI is InChI=1S/C35H39Cl3N6O7S/c1-6-18-15-35(18,33(47)43-52(48,49)22-8-9-22)42-30(45)25-14-21(51-31-24-11-19(36)7-10-23(24)26(50-5)16-39-31)17-44(25)32(46)29(34(2,3)4)41-28-13-20(37)12-27(38)40-28/h6-7,10-13,16,18,21-22,25,29H,1,8-9,14-15,17H2,2-5H3,(H,40,41)(H,42,45)(H,43,47)/t18-,21-,25+,29+,35-/m1/s1. The van der Waals surface area contributed by atoms with Crippen molar-refractivity contribution < 1.29 is 32.3 Å². The molecule has 1 aliphatic heterocycles. The van der Waals surface area contributed by atoms with Gasteiger partial charge in [-0.05, 0) is 55.0 Å². The molecule has 3 aliphatic rings. The molecule has 5 atom stereocenters. The highest BCUT2D eigenvalue weighted by atomic mass is 35.5. The number of nitrogens with zero attached hydrogens (tertiary/aromatic N) is 3. The van der Waals surface area contributed by atoms with E-state index in [4.69, 9.17) is 44.3 Å². The van der Waals surface area contributed by atoms with Gasteiger partial charge in [0, 0.05) is 33.2 Å². The third-order valence-corrected chi connectivity index (χ3v) is 12.0. The molecule has 52 heavy (non-hydrogen) atoms. The van der Waals surface area contributed by atoms with E-state index >= 15 is 0 Å². The van der Waals surface area contributed by atoms with Gasteiger partial charge in [-0.1, -0.05) is 61.7 Å². The molecule has 3 fully saturated rings. The van der Waals surface area contributed by atoms with Crippen LogP contribution >= 0.6 is 34.8 Å². The van der Waals surface area contributed by atoms with Gasteiger partial charge in [0.15, 0.2) is 0 Å². The number of hydrogen-bond acceptors (Lipinski definition) is 10. The largest absolute Gasteiger partial charge is 0.494 e. The number of ether oxygens (including phenoxy) is 2. The number of nitrogens with one attached hydrogen (secondary N) is 3. The predicted octanol–water partition coefficient (Wildman–Crippen LogP) is 5.14. The van der Waals surface area contributed by atoms with Crippen molar-refractivity contribution in [1.29, 1.82) is 0 Å². The van der Waals surface area contributed by atoms with Crippen LogP contribution in [0.1, 0.15) is 46.5 Å². The molecule has 1 saturated heterocycles. The SMILES string of the molecule is C=C[C@@H]1C[C@]1(NC(=O)[C@@H]1C[C@@H](Oc2ncc(OC)c3ccc(Cl)cc23)CN1C(=O)[C@H](Nc1cc(Cl)cc(Cl)n1)C(C)(C)C)C(=O)NS(=O)(=O)C1CC1. The van der Waals surface area contributed by atoms with Crippen molar-refractivity contribution in [3.8, 4) is 11.6 Å². The Bertz CT molecular complexity index is 2040. The summed E-state index contributed by atoms with van der Waals surface area (Å²) in [6.45, 7) is 9.29. The van der Waals surface area contributed by atoms with Crippen LogP contribution in [0, 0.1) is 11.3 Å². The first kappa shape index (κ1) is 37.9. The molecule has 3 aromatic rings. The number of carbonyl (C=O) groups excluding carboxylic acids is 3. The molecule has 3 amide bonds. The van der Waals surface area contributed by atoms with Crippen LogP contribution in [0.3, 0.4) is 0 Å². The van der Waals surface area contributed by atoms with E-state index < -0.39 is 68.1 Å². The van der Waals surface area contributed by atoms with Gasteiger partial charge in [0.25, 0.3) is 5.91 Å². The minimum absolute atomic E-state index is 0.0161. The number of pyridine rings is 2. The number of likely N-dealkylation sites (tertiary alicyclic amines) is 1. The Labute approximate surface area is 316 Å². The number of carbonyl (C=O) groups is 3. The second-order valence-electron chi connectivity index (χ2n) is 14.4. The van der Waals surface area contributed by atoms with Crippen molar-refractivity contribution >= 4 is 79.1 Å². The Morgan fingerprint density at radius 3 is 2.44 bits per heavy atom. The van der Waals surface area contributed by atoms with Gasteiger partial charge in [-0.15, -0.1) is 6.58 Å². The van der Waals surface area contributed by atoms with Crippen LogP contribution in [0.25, 0.3) is 10.8 Å². The number of fused-ring (bicyclic) bond motifs is 1. The first-order chi connectivity index (χ1) is 24.4. The summed E-state index contributed by atoms with van der Waals surface area (Å²) in [7, 11) is -2.38. The number of benzene rings is 1. The number of aromatic nitrogens is 2. The Hall–Kier alpha value is -3.85. The fourth-order valence-corrected chi connectivity index (χ4v) is 8.48. The van der Waals surface area contributed by atoms with Crippen LogP contribution in [0.5, 0.6) is 11.6 Å². The highest BCUT2D eigenvalue weighted by Gasteiger charge is 2.62. The monoisotopic (exact) mass is 792 g/mol. The van der Waals surface area contributed by atoms with Gasteiger partial charge in [0.2, 0.25) is 27.7 Å². The van der Waals surface area contributed by atoms with Crippen molar-refractivity contribution in [3.63, 3.8) is 0 Å². The van der Waals surface area contributed by atoms with Crippen molar-refractivity contribution in [2.75, 3.05) is 19.0 Å². The zero-order chi connectivity index (χ0) is 37.7. The number of rotatable bonds is 12. The molecule has 2 saturated carbocycles. The average Bonchev–Trinajstić information content (AvgIpc) is 3.99. The molecule has 3 N–H and O–H groups in total. The summed E-state index contributed by atoms with van der Waals surface area (Å²) < 4.78 is 39.4. The van der Waals surface area contributed by atoms with Gasteiger partial charge in [0.05, 0.1) is 25.1 Å². The average molecular weight is 794 g/mol. The zero-order valence-corrected chi connectivity index (χ0v) is 32.0. The topological polar surface area (TPSA) is 169 Å². The molecule has 13 nitrogen and oxygen atoms in total. The van der Waals surface area contributed by atoms with Crippen molar-refractivity contribution in [1.82, 2.24) is 24.9 Å². The highest BCUT2D eigenvalue weighted by Crippen LogP contribution is 2.46. The van der Waals surface area contributed by atoms with Gasteiger partial charge in [-0.25, -0.2) is 18.4 Å². The van der Waals surface area contributed by atoms with Crippen molar-refractivity contribution in [3.05, 3.63) is 64.4 Å². The molecule has 2 aromatic heterocycles. The Morgan fingerprint density at radius 1 is 1.10 bits per heavy atom. The molecule has 0 bridgehead atoms. The summed E-state index contributed by atoms with van der Waals surface area (Å²) in [5.41, 5.74) is -2.27. The Morgan fingerprint density at radius 2 is 1.83 bits per heavy atom. The molecular formula is C35H39Cl3N6O7S. The van der Waals surface area contributed by atoms with E-state index in [1.165, 1.54) is 36.4 Å². The number of amides is 3. The van der Waals surface area contributed by atoms with Crippen molar-refractivity contribution in [2.45, 2.75) is 75.4 Å². The third kappa shape index (κ3) is 7.75. The molecular weight excluding hydrogens is 755 g/mol. The van der Waals surface area contributed by atoms with Gasteiger partial charge < -0.3 is 25.0 Å².